The summed E-state index contributed by atoms with van der Waals surface area (Å²) >= 11 is 1.69. The molecule has 172 valence electrons. The average Bonchev–Trinajstić information content (AvgIpc) is 3.43. The summed E-state index contributed by atoms with van der Waals surface area (Å²) in [5, 5.41) is 2.04. The van der Waals surface area contributed by atoms with Gasteiger partial charge in [0.25, 0.3) is 0 Å². The third-order valence-electron chi connectivity index (χ3n) is 6.06. The van der Waals surface area contributed by atoms with Crippen molar-refractivity contribution < 1.29 is 18.7 Å². The van der Waals surface area contributed by atoms with Gasteiger partial charge in [-0.05, 0) is 60.2 Å². The minimum Gasteiger partial charge on any atom is -0.491 e. The maximum atomic E-state index is 13.6. The summed E-state index contributed by atoms with van der Waals surface area (Å²) in [5.41, 5.74) is 1.09. The van der Waals surface area contributed by atoms with Crippen LogP contribution < -0.4 is 4.74 Å². The summed E-state index contributed by atoms with van der Waals surface area (Å²) in [6.45, 7) is 5.67. The highest BCUT2D eigenvalue weighted by atomic mass is 32.1. The van der Waals surface area contributed by atoms with Gasteiger partial charge in [-0.15, -0.1) is 11.3 Å². The van der Waals surface area contributed by atoms with Gasteiger partial charge in [-0.2, -0.15) is 0 Å². The maximum absolute atomic E-state index is 13.6. The van der Waals surface area contributed by atoms with Gasteiger partial charge in [-0.25, -0.2) is 4.39 Å². The molecule has 1 saturated carbocycles. The molecule has 2 aliphatic rings. The summed E-state index contributed by atoms with van der Waals surface area (Å²) in [6.07, 6.45) is 3.52. The number of carbonyl (C=O) groups excluding carboxylic acids is 2. The van der Waals surface area contributed by atoms with Gasteiger partial charge in [0.2, 0.25) is 11.8 Å². The average molecular weight is 459 g/mol. The molecule has 0 unspecified atom stereocenters. The first-order valence-corrected chi connectivity index (χ1v) is 12.3. The van der Waals surface area contributed by atoms with Crippen LogP contribution in [-0.2, 0) is 16.0 Å². The lowest BCUT2D eigenvalue weighted by molar-refractivity contribution is -0.143. The van der Waals surface area contributed by atoms with E-state index in [1.165, 1.54) is 17.0 Å². The molecule has 1 aliphatic carbocycles. The summed E-state index contributed by atoms with van der Waals surface area (Å²) < 4.78 is 19.5. The molecule has 1 atom stereocenters. The fraction of sp³-hybridized carbons (Fsp3) is 0.520. The molecule has 7 heteroatoms. The van der Waals surface area contributed by atoms with Crippen LogP contribution in [0.2, 0.25) is 0 Å². The second kappa shape index (κ2) is 10.0. The first kappa shape index (κ1) is 22.8. The Labute approximate surface area is 193 Å². The summed E-state index contributed by atoms with van der Waals surface area (Å²) in [5.74, 6) is 0.885. The Morgan fingerprint density at radius 3 is 2.81 bits per heavy atom. The highest BCUT2D eigenvalue weighted by Crippen LogP contribution is 2.34. The summed E-state index contributed by atoms with van der Waals surface area (Å²) in [7, 11) is 0. The molecular formula is C25H31FN2O3S. The van der Waals surface area contributed by atoms with Crippen LogP contribution in [0.25, 0.3) is 0 Å². The lowest BCUT2D eigenvalue weighted by Crippen LogP contribution is -2.48. The molecule has 2 aromatic rings. The monoisotopic (exact) mass is 458 g/mol. The van der Waals surface area contributed by atoms with Gasteiger partial charge >= 0.3 is 0 Å². The molecule has 5 nitrogen and oxygen atoms in total. The minimum absolute atomic E-state index is 0.0487. The minimum atomic E-state index is -0.352. The van der Waals surface area contributed by atoms with Crippen molar-refractivity contribution in [3.05, 3.63) is 52.0 Å². The van der Waals surface area contributed by atoms with Gasteiger partial charge in [-0.1, -0.05) is 19.9 Å². The number of halogens is 1. The van der Waals surface area contributed by atoms with E-state index in [4.69, 9.17) is 4.74 Å². The topological polar surface area (TPSA) is 49.9 Å². The zero-order valence-corrected chi connectivity index (χ0v) is 19.6. The Morgan fingerprint density at radius 2 is 2.09 bits per heavy atom. The highest BCUT2D eigenvalue weighted by molar-refractivity contribution is 7.10. The molecule has 0 N–H and O–H groups in total. The van der Waals surface area contributed by atoms with E-state index in [0.717, 1.165) is 24.8 Å². The molecular weight excluding hydrogens is 427 g/mol. The van der Waals surface area contributed by atoms with Crippen LogP contribution in [0.15, 0.2) is 35.7 Å². The van der Waals surface area contributed by atoms with Crippen molar-refractivity contribution >= 4 is 23.2 Å². The molecule has 2 amide bonds. The highest BCUT2D eigenvalue weighted by Gasteiger charge is 2.35. The Morgan fingerprint density at radius 1 is 1.28 bits per heavy atom. The molecule has 0 radical (unpaired) electrons. The van der Waals surface area contributed by atoms with Gasteiger partial charge in [0.05, 0.1) is 12.6 Å². The van der Waals surface area contributed by atoms with Crippen LogP contribution in [-0.4, -0.2) is 47.9 Å². The van der Waals surface area contributed by atoms with E-state index in [0.29, 0.717) is 31.2 Å². The van der Waals surface area contributed by atoms with Gasteiger partial charge in [0, 0.05) is 30.5 Å². The molecule has 0 spiro atoms. The van der Waals surface area contributed by atoms with Crippen LogP contribution in [0.1, 0.15) is 49.6 Å². The van der Waals surface area contributed by atoms with Crippen molar-refractivity contribution in [1.29, 1.82) is 0 Å². The zero-order chi connectivity index (χ0) is 22.7. The second-order valence-corrected chi connectivity index (χ2v) is 10.2. The number of benzene rings is 1. The number of hydrogen-bond donors (Lipinski definition) is 0. The van der Waals surface area contributed by atoms with Crippen molar-refractivity contribution in [1.82, 2.24) is 9.80 Å². The van der Waals surface area contributed by atoms with Crippen LogP contribution in [0, 0.1) is 17.7 Å². The second-order valence-electron chi connectivity index (χ2n) is 9.24. The number of nitrogens with zero attached hydrogens (tertiary/aromatic N) is 2. The maximum Gasteiger partial charge on any atom is 0.242 e. The number of amides is 2. The third-order valence-corrected chi connectivity index (χ3v) is 7.05. The standard InChI is InChI=1S/C25H31FN2O3S/c1-17(2)12-24(29)27(14-18-6-7-18)15-25(30)28-10-8-23-21(9-11-32-23)22(28)16-31-20-5-3-4-19(26)13-20/h3-5,9,11,13,17-18,22H,6-8,10,12,14-16H2,1-2H3/t22-/m1/s1. The molecule has 1 fully saturated rings. The van der Waals surface area contributed by atoms with Crippen molar-refractivity contribution in [3.8, 4) is 5.75 Å². The van der Waals surface area contributed by atoms with E-state index in [2.05, 4.69) is 0 Å². The quantitative estimate of drug-likeness (QED) is 0.548. The van der Waals surface area contributed by atoms with Gasteiger partial charge in [0.15, 0.2) is 0 Å². The van der Waals surface area contributed by atoms with Crippen LogP contribution >= 0.6 is 11.3 Å². The van der Waals surface area contributed by atoms with Gasteiger partial charge < -0.3 is 14.5 Å². The summed E-state index contributed by atoms with van der Waals surface area (Å²) in [4.78, 5) is 31.1. The first-order valence-electron chi connectivity index (χ1n) is 11.4. The predicted octanol–water partition coefficient (Wildman–Crippen LogP) is 4.68. The molecule has 0 bridgehead atoms. The fourth-order valence-corrected chi connectivity index (χ4v) is 5.13. The molecule has 1 aromatic carbocycles. The van der Waals surface area contributed by atoms with Gasteiger partial charge in [0.1, 0.15) is 18.2 Å². The normalized spacial score (nSPS) is 17.9. The third kappa shape index (κ3) is 5.68. The summed E-state index contributed by atoms with van der Waals surface area (Å²) in [6, 6.07) is 7.86. The molecule has 0 saturated heterocycles. The van der Waals surface area contributed by atoms with E-state index >= 15 is 0 Å². The van der Waals surface area contributed by atoms with Crippen molar-refractivity contribution in [2.45, 2.75) is 45.6 Å². The van der Waals surface area contributed by atoms with Crippen molar-refractivity contribution in [3.63, 3.8) is 0 Å². The number of carbonyl (C=O) groups is 2. The van der Waals surface area contributed by atoms with Gasteiger partial charge in [-0.3, -0.25) is 9.59 Å². The number of rotatable bonds is 9. The Hall–Kier alpha value is -2.41. The molecule has 1 aliphatic heterocycles. The predicted molar refractivity (Wildman–Crippen MR) is 123 cm³/mol. The first-order chi connectivity index (χ1) is 15.4. The van der Waals surface area contributed by atoms with E-state index in [-0.39, 0.29) is 42.7 Å². The lowest BCUT2D eigenvalue weighted by atomic mass is 10.00. The molecule has 2 heterocycles. The van der Waals surface area contributed by atoms with Crippen LogP contribution in [0.4, 0.5) is 4.39 Å². The van der Waals surface area contributed by atoms with Crippen LogP contribution in [0.3, 0.4) is 0 Å². The van der Waals surface area contributed by atoms with E-state index in [9.17, 15) is 14.0 Å². The Bertz CT molecular complexity index is 956. The Kier molecular flexibility index (Phi) is 7.13. The van der Waals surface area contributed by atoms with E-state index in [1.54, 1.807) is 28.4 Å². The number of ether oxygens (including phenoxy) is 1. The van der Waals surface area contributed by atoms with Crippen molar-refractivity contribution in [2.75, 3.05) is 26.2 Å². The molecule has 32 heavy (non-hydrogen) atoms. The lowest BCUT2D eigenvalue weighted by Gasteiger charge is -2.37. The smallest absolute Gasteiger partial charge is 0.242 e. The van der Waals surface area contributed by atoms with E-state index < -0.39 is 0 Å². The Balaban J connectivity index is 1.48. The van der Waals surface area contributed by atoms with Crippen LogP contribution in [0.5, 0.6) is 5.75 Å². The van der Waals surface area contributed by atoms with Crippen molar-refractivity contribution in [2.24, 2.45) is 11.8 Å². The largest absolute Gasteiger partial charge is 0.491 e. The zero-order valence-electron chi connectivity index (χ0n) is 18.8. The SMILES string of the molecule is CC(C)CC(=O)N(CC(=O)N1CCc2sccc2[C@H]1COc1cccc(F)c1)CC1CC1. The molecule has 1 aromatic heterocycles. The van der Waals surface area contributed by atoms with E-state index in [1.807, 2.05) is 30.2 Å². The fourth-order valence-electron chi connectivity index (χ4n) is 4.21. The number of hydrogen-bond acceptors (Lipinski definition) is 4. The molecule has 4 rings (SSSR count). The number of thiophene rings is 1. The number of fused-ring (bicyclic) bond motifs is 1.